The fourth-order valence-electron chi connectivity index (χ4n) is 2.05. The van der Waals surface area contributed by atoms with E-state index < -0.39 is 24.4 Å². The zero-order chi connectivity index (χ0) is 20.4. The van der Waals surface area contributed by atoms with E-state index in [1.54, 1.807) is 42.5 Å². The molecule has 0 aliphatic rings. The van der Waals surface area contributed by atoms with Crippen LogP contribution in [-0.4, -0.2) is 44.7 Å². The van der Waals surface area contributed by atoms with Crippen molar-refractivity contribution in [2.24, 2.45) is 0 Å². The van der Waals surface area contributed by atoms with Crippen LogP contribution in [0, 0.1) is 0 Å². The molecule has 0 fully saturated rings. The van der Waals surface area contributed by atoms with Gasteiger partial charge in [0, 0.05) is 4.47 Å². The smallest absolute Gasteiger partial charge is 0.344 e. The third-order valence-corrected chi connectivity index (χ3v) is 4.06. The van der Waals surface area contributed by atoms with Crippen LogP contribution in [-0.2, 0) is 19.1 Å². The quantitative estimate of drug-likeness (QED) is 0.567. The van der Waals surface area contributed by atoms with Gasteiger partial charge in [0.2, 0.25) is 5.91 Å². The summed E-state index contributed by atoms with van der Waals surface area (Å²) in [5.74, 6) is -0.878. The summed E-state index contributed by atoms with van der Waals surface area (Å²) in [6.07, 6.45) is 0. The number of para-hydroxylation sites is 3. The molecule has 0 unspecified atom stereocenters. The molecule has 2 amide bonds. The van der Waals surface area contributed by atoms with E-state index in [2.05, 4.69) is 26.6 Å². The molecule has 2 aromatic carbocycles. The molecule has 0 spiro atoms. The SMILES string of the molecule is COc1ccccc1OCC(=O)OCC(=O)NCC(=O)Nc1ccccc1Br. The highest BCUT2D eigenvalue weighted by molar-refractivity contribution is 9.10. The van der Waals surface area contributed by atoms with Gasteiger partial charge in [-0.25, -0.2) is 4.79 Å². The molecule has 8 nitrogen and oxygen atoms in total. The first-order valence-electron chi connectivity index (χ1n) is 8.22. The van der Waals surface area contributed by atoms with Gasteiger partial charge in [-0.15, -0.1) is 0 Å². The van der Waals surface area contributed by atoms with E-state index in [9.17, 15) is 14.4 Å². The number of benzene rings is 2. The van der Waals surface area contributed by atoms with Crippen LogP contribution < -0.4 is 20.1 Å². The normalized spacial score (nSPS) is 9.93. The number of rotatable bonds is 9. The maximum atomic E-state index is 11.8. The van der Waals surface area contributed by atoms with Crippen molar-refractivity contribution in [2.45, 2.75) is 0 Å². The van der Waals surface area contributed by atoms with Crippen molar-refractivity contribution < 1.29 is 28.6 Å². The standard InChI is InChI=1S/C19H19BrN2O6/c1-26-15-8-4-5-9-16(15)27-12-19(25)28-11-18(24)21-10-17(23)22-14-7-3-2-6-13(14)20/h2-9H,10-12H2,1H3,(H,21,24)(H,22,23). The molecule has 0 atom stereocenters. The average molecular weight is 451 g/mol. The number of amides is 2. The Morgan fingerprint density at radius 2 is 1.61 bits per heavy atom. The van der Waals surface area contributed by atoms with Crippen molar-refractivity contribution in [1.29, 1.82) is 0 Å². The number of halogens is 1. The highest BCUT2D eigenvalue weighted by Gasteiger charge is 2.12. The van der Waals surface area contributed by atoms with Crippen LogP contribution in [0.5, 0.6) is 11.5 Å². The number of hydrogen-bond acceptors (Lipinski definition) is 6. The van der Waals surface area contributed by atoms with Gasteiger partial charge in [-0.3, -0.25) is 9.59 Å². The van der Waals surface area contributed by atoms with Crippen LogP contribution in [0.25, 0.3) is 0 Å². The highest BCUT2D eigenvalue weighted by atomic mass is 79.9. The predicted molar refractivity (Wildman–Crippen MR) is 105 cm³/mol. The van der Waals surface area contributed by atoms with E-state index in [1.807, 2.05) is 6.07 Å². The van der Waals surface area contributed by atoms with Gasteiger partial charge >= 0.3 is 5.97 Å². The first-order chi connectivity index (χ1) is 13.5. The molecule has 0 aromatic heterocycles. The van der Waals surface area contributed by atoms with Crippen LogP contribution in [0.4, 0.5) is 5.69 Å². The number of carbonyl (C=O) groups excluding carboxylic acids is 3. The highest BCUT2D eigenvalue weighted by Crippen LogP contribution is 2.25. The molecule has 0 saturated carbocycles. The lowest BCUT2D eigenvalue weighted by molar-refractivity contribution is -0.150. The second kappa shape index (κ2) is 10.9. The minimum absolute atomic E-state index is 0.255. The largest absolute Gasteiger partial charge is 0.493 e. The Kier molecular flexibility index (Phi) is 8.29. The fourth-order valence-corrected chi connectivity index (χ4v) is 2.43. The molecule has 148 valence electrons. The topological polar surface area (TPSA) is 103 Å². The molecule has 2 N–H and O–H groups in total. The van der Waals surface area contributed by atoms with Gasteiger partial charge < -0.3 is 24.8 Å². The summed E-state index contributed by atoms with van der Waals surface area (Å²) in [7, 11) is 1.48. The molecule has 0 heterocycles. The van der Waals surface area contributed by atoms with E-state index >= 15 is 0 Å². The summed E-state index contributed by atoms with van der Waals surface area (Å²) in [6, 6.07) is 13.9. The van der Waals surface area contributed by atoms with Crippen molar-refractivity contribution >= 4 is 39.4 Å². The van der Waals surface area contributed by atoms with E-state index in [0.717, 1.165) is 4.47 Å². The first kappa shape index (κ1) is 21.2. The maximum Gasteiger partial charge on any atom is 0.344 e. The van der Waals surface area contributed by atoms with Crippen LogP contribution in [0.2, 0.25) is 0 Å². The van der Waals surface area contributed by atoms with E-state index in [4.69, 9.17) is 14.2 Å². The van der Waals surface area contributed by atoms with Crippen LogP contribution in [0.3, 0.4) is 0 Å². The van der Waals surface area contributed by atoms with Gasteiger partial charge in [0.25, 0.3) is 5.91 Å². The summed E-state index contributed by atoms with van der Waals surface area (Å²) >= 11 is 3.31. The monoisotopic (exact) mass is 450 g/mol. The van der Waals surface area contributed by atoms with Crippen molar-refractivity contribution in [3.05, 3.63) is 53.0 Å². The second-order valence-electron chi connectivity index (χ2n) is 5.40. The van der Waals surface area contributed by atoms with Gasteiger partial charge in [0.1, 0.15) is 0 Å². The third kappa shape index (κ3) is 6.92. The zero-order valence-electron chi connectivity index (χ0n) is 15.1. The third-order valence-electron chi connectivity index (χ3n) is 3.37. The molecule has 2 rings (SSSR count). The summed E-state index contributed by atoms with van der Waals surface area (Å²) in [5, 5.41) is 5.00. The van der Waals surface area contributed by atoms with E-state index in [1.165, 1.54) is 7.11 Å². The van der Waals surface area contributed by atoms with Gasteiger partial charge in [-0.05, 0) is 40.2 Å². The minimum Gasteiger partial charge on any atom is -0.493 e. The number of methoxy groups -OCH3 is 1. The average Bonchev–Trinajstić information content (AvgIpc) is 2.71. The van der Waals surface area contributed by atoms with E-state index in [-0.39, 0.29) is 13.2 Å². The summed E-state index contributed by atoms with van der Waals surface area (Å²) in [6.45, 7) is -1.15. The predicted octanol–water partition coefficient (Wildman–Crippen LogP) is 2.13. The van der Waals surface area contributed by atoms with Crippen molar-refractivity contribution in [2.75, 3.05) is 32.2 Å². The molecule has 0 bridgehead atoms. The molecule has 28 heavy (non-hydrogen) atoms. The van der Waals surface area contributed by atoms with E-state index in [0.29, 0.717) is 17.2 Å². The Labute approximate surface area is 170 Å². The molecule has 2 aromatic rings. The van der Waals surface area contributed by atoms with Crippen LogP contribution >= 0.6 is 15.9 Å². The number of carbonyl (C=O) groups is 3. The molecule has 0 aliphatic carbocycles. The summed E-state index contributed by atoms with van der Waals surface area (Å²) in [5.41, 5.74) is 0.585. The first-order valence-corrected chi connectivity index (χ1v) is 9.01. The maximum absolute atomic E-state index is 11.8. The Morgan fingerprint density at radius 1 is 0.929 bits per heavy atom. The molecule has 0 saturated heterocycles. The molecular formula is C19H19BrN2O6. The summed E-state index contributed by atoms with van der Waals surface area (Å²) in [4.78, 5) is 35.2. The lowest BCUT2D eigenvalue weighted by atomic mass is 10.3. The lowest BCUT2D eigenvalue weighted by Crippen LogP contribution is -2.36. The molecular weight excluding hydrogens is 432 g/mol. The van der Waals surface area contributed by atoms with Crippen molar-refractivity contribution in [1.82, 2.24) is 5.32 Å². The zero-order valence-corrected chi connectivity index (χ0v) is 16.7. The lowest BCUT2D eigenvalue weighted by Gasteiger charge is -2.10. The van der Waals surface area contributed by atoms with Crippen LogP contribution in [0.1, 0.15) is 0 Å². The molecule has 9 heteroatoms. The fraction of sp³-hybridized carbons (Fsp3) is 0.211. The Morgan fingerprint density at radius 3 is 2.32 bits per heavy atom. The van der Waals surface area contributed by atoms with Gasteiger partial charge in [0.15, 0.2) is 24.7 Å². The number of nitrogens with one attached hydrogen (secondary N) is 2. The Balaban J connectivity index is 1.67. The van der Waals surface area contributed by atoms with Gasteiger partial charge in [-0.2, -0.15) is 0 Å². The van der Waals surface area contributed by atoms with Crippen LogP contribution in [0.15, 0.2) is 53.0 Å². The second-order valence-corrected chi connectivity index (χ2v) is 6.26. The number of ether oxygens (including phenoxy) is 3. The number of anilines is 1. The van der Waals surface area contributed by atoms with Crippen molar-refractivity contribution in [3.8, 4) is 11.5 Å². The summed E-state index contributed by atoms with van der Waals surface area (Å²) < 4.78 is 15.9. The molecule has 0 radical (unpaired) electrons. The minimum atomic E-state index is -0.723. The Hall–Kier alpha value is -3.07. The number of hydrogen-bond donors (Lipinski definition) is 2. The Bertz CT molecular complexity index is 843. The van der Waals surface area contributed by atoms with Gasteiger partial charge in [0.05, 0.1) is 19.3 Å². The van der Waals surface area contributed by atoms with Crippen molar-refractivity contribution in [3.63, 3.8) is 0 Å². The number of esters is 1. The van der Waals surface area contributed by atoms with Gasteiger partial charge in [-0.1, -0.05) is 24.3 Å². The molecule has 0 aliphatic heterocycles.